The predicted molar refractivity (Wildman–Crippen MR) is 94.0 cm³/mol. The van der Waals surface area contributed by atoms with Gasteiger partial charge in [-0.1, -0.05) is 11.6 Å². The Morgan fingerprint density at radius 2 is 1.83 bits per heavy atom. The number of carbonyl (C=O) groups is 2. The highest BCUT2D eigenvalue weighted by molar-refractivity contribution is 6.31. The number of hydrazine groups is 1. The van der Waals surface area contributed by atoms with Crippen LogP contribution in [0.15, 0.2) is 30.6 Å². The maximum atomic E-state index is 13.7. The maximum Gasteiger partial charge on any atom is 0.473 e. The van der Waals surface area contributed by atoms with Crippen molar-refractivity contribution >= 4 is 29.4 Å². The number of carbonyl (C=O) groups excluding carboxylic acids is 2. The zero-order chi connectivity index (χ0) is 21.4. The van der Waals surface area contributed by atoms with Crippen LogP contribution in [0.4, 0.5) is 23.5 Å². The minimum Gasteiger partial charge on any atom is -0.345 e. The third kappa shape index (κ3) is 4.15. The van der Waals surface area contributed by atoms with E-state index in [0.717, 1.165) is 18.8 Å². The molecule has 2 aromatic rings. The minimum absolute atomic E-state index is 0.0484. The van der Waals surface area contributed by atoms with Crippen LogP contribution >= 0.6 is 11.6 Å². The molecular weight excluding hydrogens is 418 g/mol. The summed E-state index contributed by atoms with van der Waals surface area (Å²) in [4.78, 5) is 30.8. The number of rotatable bonds is 4. The number of benzene rings is 1. The van der Waals surface area contributed by atoms with Crippen molar-refractivity contribution in [1.82, 2.24) is 15.0 Å². The summed E-state index contributed by atoms with van der Waals surface area (Å²) in [7, 11) is 0. The van der Waals surface area contributed by atoms with E-state index in [9.17, 15) is 27.2 Å². The number of nitrogens with zero attached hydrogens (tertiary/aromatic N) is 3. The highest BCUT2D eigenvalue weighted by Gasteiger charge is 2.44. The van der Waals surface area contributed by atoms with Crippen molar-refractivity contribution in [3.05, 3.63) is 52.6 Å². The molecule has 1 aromatic heterocycles. The predicted octanol–water partition coefficient (Wildman–Crippen LogP) is 3.17. The lowest BCUT2D eigenvalue weighted by atomic mass is 9.72. The van der Waals surface area contributed by atoms with Gasteiger partial charge in [-0.3, -0.25) is 9.59 Å². The van der Waals surface area contributed by atoms with Crippen molar-refractivity contribution in [3.63, 3.8) is 0 Å². The molecule has 0 saturated heterocycles. The van der Waals surface area contributed by atoms with E-state index in [4.69, 9.17) is 17.4 Å². The first-order valence-corrected chi connectivity index (χ1v) is 8.67. The van der Waals surface area contributed by atoms with Crippen LogP contribution in [0, 0.1) is 5.82 Å². The van der Waals surface area contributed by atoms with Crippen molar-refractivity contribution in [2.24, 2.45) is 5.84 Å². The van der Waals surface area contributed by atoms with Crippen LogP contribution in [-0.4, -0.2) is 33.0 Å². The number of nitrogens with two attached hydrogens (primary N) is 1. The quantitative estimate of drug-likeness (QED) is 0.334. The molecule has 1 fully saturated rings. The number of hydrogen-bond donors (Lipinski definition) is 2. The molecular formula is C17H14ClF4N5O2. The van der Waals surface area contributed by atoms with Gasteiger partial charge in [-0.25, -0.2) is 25.2 Å². The molecule has 1 aromatic carbocycles. The topological polar surface area (TPSA) is 101 Å². The van der Waals surface area contributed by atoms with Gasteiger partial charge in [-0.2, -0.15) is 13.2 Å². The average molecular weight is 432 g/mol. The normalized spacial score (nSPS) is 15.4. The second-order valence-corrected chi connectivity index (χ2v) is 6.87. The number of amides is 2. The van der Waals surface area contributed by atoms with Crippen LogP contribution in [0.1, 0.15) is 35.2 Å². The van der Waals surface area contributed by atoms with Crippen LogP contribution in [-0.2, 0) is 10.3 Å². The third-order valence-corrected chi connectivity index (χ3v) is 4.91. The largest absolute Gasteiger partial charge is 0.473 e. The van der Waals surface area contributed by atoms with Gasteiger partial charge in [0.15, 0.2) is 0 Å². The third-order valence-electron chi connectivity index (χ3n) is 4.58. The Morgan fingerprint density at radius 1 is 1.21 bits per heavy atom. The maximum absolute atomic E-state index is 13.7. The zero-order valence-electron chi connectivity index (χ0n) is 14.6. The lowest BCUT2D eigenvalue weighted by molar-refractivity contribution is -0.182. The van der Waals surface area contributed by atoms with Crippen molar-refractivity contribution in [1.29, 1.82) is 0 Å². The van der Waals surface area contributed by atoms with Gasteiger partial charge < -0.3 is 5.32 Å². The summed E-state index contributed by atoms with van der Waals surface area (Å²) in [5.74, 6) is 0.610. The van der Waals surface area contributed by atoms with E-state index in [0.29, 0.717) is 23.4 Å². The molecule has 2 amide bonds. The summed E-state index contributed by atoms with van der Waals surface area (Å²) in [5, 5.41) is 2.85. The number of aromatic nitrogens is 2. The number of alkyl halides is 3. The van der Waals surface area contributed by atoms with Crippen molar-refractivity contribution in [3.8, 4) is 0 Å². The summed E-state index contributed by atoms with van der Waals surface area (Å²) in [6.45, 7) is 0. The van der Waals surface area contributed by atoms with Crippen LogP contribution in [0.5, 0.6) is 0 Å². The van der Waals surface area contributed by atoms with Crippen molar-refractivity contribution in [2.45, 2.75) is 31.0 Å². The molecule has 0 unspecified atom stereocenters. The Bertz CT molecular complexity index is 948. The average Bonchev–Trinajstić information content (AvgIpc) is 2.65. The summed E-state index contributed by atoms with van der Waals surface area (Å²) < 4.78 is 50.8. The zero-order valence-corrected chi connectivity index (χ0v) is 15.4. The van der Waals surface area contributed by atoms with E-state index >= 15 is 0 Å². The van der Waals surface area contributed by atoms with Gasteiger partial charge in [0, 0.05) is 17.4 Å². The Morgan fingerprint density at radius 3 is 2.34 bits per heavy atom. The van der Waals surface area contributed by atoms with E-state index in [1.165, 1.54) is 18.2 Å². The first-order valence-electron chi connectivity index (χ1n) is 8.29. The second-order valence-electron chi connectivity index (χ2n) is 6.46. The lowest BCUT2D eigenvalue weighted by Crippen LogP contribution is -2.49. The van der Waals surface area contributed by atoms with Gasteiger partial charge in [0.25, 0.3) is 5.91 Å². The fraction of sp³-hybridized carbons (Fsp3) is 0.294. The SMILES string of the molecule is NN(C(=O)c1cnc(NC2(c3cc(F)ccc3Cl)CCC2)nc1)C(=O)C(F)(F)F. The number of nitrogens with one attached hydrogen (secondary N) is 1. The van der Waals surface area contributed by atoms with Gasteiger partial charge >= 0.3 is 12.1 Å². The van der Waals surface area contributed by atoms with Gasteiger partial charge in [0.1, 0.15) is 5.82 Å². The van der Waals surface area contributed by atoms with Gasteiger partial charge in [0.05, 0.1) is 11.1 Å². The summed E-state index contributed by atoms with van der Waals surface area (Å²) in [5.41, 5.74) is -0.600. The number of imide groups is 1. The van der Waals surface area contributed by atoms with E-state index in [1.807, 2.05) is 0 Å². The number of anilines is 1. The minimum atomic E-state index is -5.30. The molecule has 3 N–H and O–H groups in total. The molecule has 0 aliphatic heterocycles. The van der Waals surface area contributed by atoms with Gasteiger partial charge in [-0.15, -0.1) is 0 Å². The van der Waals surface area contributed by atoms with Crippen molar-refractivity contribution < 1.29 is 27.2 Å². The standard InChI is InChI=1S/C17H14ClF4N5O2/c18-12-3-2-10(19)6-11(12)16(4-1-5-16)26-15-24-7-9(8-25-15)13(28)27(23)14(29)17(20,21)22/h2-3,6-8H,1,4-5,23H2,(H,24,25,26). The second kappa shape index (κ2) is 7.56. The molecule has 12 heteroatoms. The van der Waals surface area contributed by atoms with Crippen LogP contribution < -0.4 is 11.2 Å². The fourth-order valence-corrected chi connectivity index (χ4v) is 3.24. The lowest BCUT2D eigenvalue weighted by Gasteiger charge is -2.43. The molecule has 1 saturated carbocycles. The first kappa shape index (κ1) is 20.9. The van der Waals surface area contributed by atoms with Crippen LogP contribution in [0.25, 0.3) is 0 Å². The van der Waals surface area contributed by atoms with Crippen LogP contribution in [0.2, 0.25) is 5.02 Å². The molecule has 1 aliphatic rings. The fourth-order valence-electron chi connectivity index (χ4n) is 2.94. The Balaban J connectivity index is 1.79. The van der Waals surface area contributed by atoms with Crippen LogP contribution in [0.3, 0.4) is 0 Å². The molecule has 0 atom stereocenters. The monoisotopic (exact) mass is 431 g/mol. The summed E-state index contributed by atoms with van der Waals surface area (Å²) in [6, 6.07) is 3.97. The molecule has 3 rings (SSSR count). The smallest absolute Gasteiger partial charge is 0.345 e. The molecule has 0 spiro atoms. The first-order chi connectivity index (χ1) is 13.5. The molecule has 1 heterocycles. The van der Waals surface area contributed by atoms with E-state index in [1.54, 1.807) is 0 Å². The van der Waals surface area contributed by atoms with E-state index in [2.05, 4.69) is 15.3 Å². The molecule has 154 valence electrons. The summed E-state index contributed by atoms with van der Waals surface area (Å²) in [6.07, 6.45) is -1.35. The number of hydrogen-bond acceptors (Lipinski definition) is 6. The summed E-state index contributed by atoms with van der Waals surface area (Å²) >= 11 is 6.19. The van der Waals surface area contributed by atoms with Gasteiger partial charge in [-0.05, 0) is 43.0 Å². The van der Waals surface area contributed by atoms with Crippen molar-refractivity contribution in [2.75, 3.05) is 5.32 Å². The molecule has 7 nitrogen and oxygen atoms in total. The van der Waals surface area contributed by atoms with E-state index in [-0.39, 0.29) is 5.95 Å². The Hall–Kier alpha value is -2.79. The van der Waals surface area contributed by atoms with Gasteiger partial charge in [0.2, 0.25) is 5.95 Å². The Labute approximate surface area is 166 Å². The molecule has 29 heavy (non-hydrogen) atoms. The highest BCUT2D eigenvalue weighted by atomic mass is 35.5. The molecule has 0 radical (unpaired) electrons. The highest BCUT2D eigenvalue weighted by Crippen LogP contribution is 2.46. The molecule has 0 bridgehead atoms. The molecule has 1 aliphatic carbocycles. The van der Waals surface area contributed by atoms with E-state index < -0.39 is 39.9 Å². The number of halogens is 5. The Kier molecular flexibility index (Phi) is 5.46.